The van der Waals surface area contributed by atoms with Gasteiger partial charge in [0.1, 0.15) is 10.0 Å². The first kappa shape index (κ1) is 33.3. The van der Waals surface area contributed by atoms with Crippen LogP contribution in [0.3, 0.4) is 0 Å². The summed E-state index contributed by atoms with van der Waals surface area (Å²) < 4.78 is 143. The summed E-state index contributed by atoms with van der Waals surface area (Å²) in [5.74, 6) is -20.5. The van der Waals surface area contributed by atoms with Crippen molar-refractivity contribution in [3.8, 4) is 31.2 Å². The summed E-state index contributed by atoms with van der Waals surface area (Å²) in [7, 11) is 0. The summed E-state index contributed by atoms with van der Waals surface area (Å²) in [6, 6.07) is 14.0. The molecule has 54 heavy (non-hydrogen) atoms. The van der Waals surface area contributed by atoms with E-state index in [1.165, 1.54) is 22.7 Å². The molecule has 0 spiro atoms. The van der Waals surface area contributed by atoms with Crippen LogP contribution in [0.4, 0.5) is 43.9 Å². The molecule has 266 valence electrons. The maximum absolute atomic E-state index is 14.5. The van der Waals surface area contributed by atoms with Gasteiger partial charge in [-0.25, -0.2) is 63.8 Å². The molecule has 0 saturated heterocycles. The molecule has 0 aliphatic rings. The fraction of sp³-hybridized carbons (Fsp3) is 0. The second-order valence-electron chi connectivity index (χ2n) is 11.9. The number of hydrogen-bond acceptors (Lipinski definition) is 8. The van der Waals surface area contributed by atoms with Crippen molar-refractivity contribution in [2.75, 3.05) is 0 Å². The quantitative estimate of drug-likeness (QED) is 0.101. The van der Waals surface area contributed by atoms with Crippen LogP contribution in [0.5, 0.6) is 0 Å². The third-order valence-electron chi connectivity index (χ3n) is 8.74. The number of thiazole rings is 4. The monoisotopic (exact) mass is 814 g/mol. The normalized spacial score (nSPS) is 12.3. The third kappa shape index (κ3) is 4.79. The van der Waals surface area contributed by atoms with Gasteiger partial charge in [0.25, 0.3) is 0 Å². The van der Waals surface area contributed by atoms with E-state index in [2.05, 4.69) is 9.97 Å². The van der Waals surface area contributed by atoms with Crippen LogP contribution >= 0.6 is 45.3 Å². The minimum absolute atomic E-state index is 0.303. The van der Waals surface area contributed by atoms with Gasteiger partial charge in [0.15, 0.2) is 56.6 Å². The van der Waals surface area contributed by atoms with E-state index >= 15 is 0 Å². The number of aromatic nitrogens is 4. The molecule has 0 aliphatic carbocycles. The Bertz CT molecular complexity index is 2890. The van der Waals surface area contributed by atoms with E-state index in [-0.39, 0.29) is 10.0 Å². The van der Waals surface area contributed by atoms with Gasteiger partial charge in [0, 0.05) is 0 Å². The van der Waals surface area contributed by atoms with E-state index in [0.717, 1.165) is 32.1 Å². The third-order valence-corrected chi connectivity index (χ3v) is 13.0. The average molecular weight is 815 g/mol. The Labute approximate surface area is 308 Å². The standard InChI is InChI=1S/C36H8F10N4S4/c37-23-21(24(38)28(42)31(45)27(23)41)33-47-13-1-9-7-19-15(3-11(9)5-17(13)51-33)49-35(53-19)36-50-16-4-12-6-18-14(2-10(12)8-20(16)54-36)48-34(52-18)22-25(39)29(43)32(46)30(44)26(22)40/h1-8H. The van der Waals surface area contributed by atoms with Gasteiger partial charge in [-0.1, -0.05) is 0 Å². The van der Waals surface area contributed by atoms with E-state index in [4.69, 9.17) is 9.97 Å². The van der Waals surface area contributed by atoms with Crippen LogP contribution in [0.2, 0.25) is 0 Å². The Kier molecular flexibility index (Phi) is 7.15. The molecule has 0 atom stereocenters. The van der Waals surface area contributed by atoms with Crippen LogP contribution in [0, 0.1) is 58.2 Å². The molecule has 18 heteroatoms. The summed E-state index contributed by atoms with van der Waals surface area (Å²) in [5.41, 5.74) is -0.318. The molecule has 4 heterocycles. The Balaban J connectivity index is 1.01. The fourth-order valence-electron chi connectivity index (χ4n) is 6.17. The minimum Gasteiger partial charge on any atom is -0.236 e. The second-order valence-corrected chi connectivity index (χ2v) is 16.1. The summed E-state index contributed by atoms with van der Waals surface area (Å²) in [6.45, 7) is 0. The zero-order valence-corrected chi connectivity index (χ0v) is 29.1. The molecule has 0 saturated carbocycles. The van der Waals surface area contributed by atoms with Crippen LogP contribution in [0.25, 0.3) is 93.6 Å². The SMILES string of the molecule is Fc1c(F)c(F)c(-c2nc3cc4cc5sc(-c6nc7cc8cc9sc(-c%10c(F)c(F)c(F)c(F)c%10F)nc9cc8cc7s6)nc5cc4cc3s2)c(F)c1F. The van der Waals surface area contributed by atoms with Crippen LogP contribution in [-0.4, -0.2) is 19.9 Å². The summed E-state index contributed by atoms with van der Waals surface area (Å²) in [4.78, 5) is 17.9. The predicted octanol–water partition coefficient (Wildman–Crippen LogP) is 12.8. The molecule has 0 fully saturated rings. The molecule has 0 N–H and O–H groups in total. The topological polar surface area (TPSA) is 51.6 Å². The first-order chi connectivity index (χ1) is 25.8. The van der Waals surface area contributed by atoms with Crippen LogP contribution in [-0.2, 0) is 0 Å². The highest BCUT2D eigenvalue weighted by molar-refractivity contribution is 7.27. The number of hydrogen-bond donors (Lipinski definition) is 0. The van der Waals surface area contributed by atoms with Crippen molar-refractivity contribution in [3.05, 3.63) is 107 Å². The Hall–Kier alpha value is -5.30. The smallest absolute Gasteiger partial charge is 0.200 e. The zero-order valence-electron chi connectivity index (χ0n) is 25.8. The van der Waals surface area contributed by atoms with Gasteiger partial charge in [-0.05, 0) is 70.1 Å². The first-order valence-corrected chi connectivity index (χ1v) is 18.4. The number of benzene rings is 6. The lowest BCUT2D eigenvalue weighted by molar-refractivity contribution is 0.381. The van der Waals surface area contributed by atoms with E-state index in [1.807, 2.05) is 24.3 Å². The first-order valence-electron chi connectivity index (χ1n) is 15.2. The molecule has 0 amide bonds. The van der Waals surface area contributed by atoms with Crippen molar-refractivity contribution < 1.29 is 43.9 Å². The van der Waals surface area contributed by atoms with Gasteiger partial charge in [0.05, 0.1) is 52.0 Å². The Morgan fingerprint density at radius 3 is 0.778 bits per heavy atom. The molecule has 6 aromatic carbocycles. The van der Waals surface area contributed by atoms with E-state index in [1.54, 1.807) is 24.3 Å². The van der Waals surface area contributed by atoms with E-state index in [0.29, 0.717) is 63.0 Å². The fourth-order valence-corrected chi connectivity index (χ4v) is 10.2. The highest BCUT2D eigenvalue weighted by atomic mass is 32.1. The Morgan fingerprint density at radius 1 is 0.278 bits per heavy atom. The van der Waals surface area contributed by atoms with Crippen molar-refractivity contribution in [3.63, 3.8) is 0 Å². The molecule has 0 unspecified atom stereocenters. The van der Waals surface area contributed by atoms with Crippen molar-refractivity contribution >= 4 is 108 Å². The number of nitrogens with zero attached hydrogens (tertiary/aromatic N) is 4. The highest BCUT2D eigenvalue weighted by Crippen LogP contribution is 2.42. The number of rotatable bonds is 3. The maximum atomic E-state index is 14.5. The lowest BCUT2D eigenvalue weighted by Gasteiger charge is -2.05. The van der Waals surface area contributed by atoms with Crippen molar-refractivity contribution in [2.45, 2.75) is 0 Å². The average Bonchev–Trinajstić information content (AvgIpc) is 3.95. The molecule has 10 aromatic rings. The van der Waals surface area contributed by atoms with Gasteiger partial charge in [-0.2, -0.15) is 0 Å². The Morgan fingerprint density at radius 2 is 0.500 bits per heavy atom. The van der Waals surface area contributed by atoms with Crippen molar-refractivity contribution in [1.29, 1.82) is 0 Å². The maximum Gasteiger partial charge on any atom is 0.200 e. The van der Waals surface area contributed by atoms with Gasteiger partial charge in [-0.15, -0.1) is 45.3 Å². The molecule has 10 rings (SSSR count). The molecule has 0 bridgehead atoms. The highest BCUT2D eigenvalue weighted by Gasteiger charge is 2.30. The van der Waals surface area contributed by atoms with Gasteiger partial charge < -0.3 is 0 Å². The summed E-state index contributed by atoms with van der Waals surface area (Å²) in [6.07, 6.45) is 0. The zero-order chi connectivity index (χ0) is 37.5. The van der Waals surface area contributed by atoms with Gasteiger partial charge in [-0.3, -0.25) is 0 Å². The van der Waals surface area contributed by atoms with Crippen LogP contribution < -0.4 is 0 Å². The molecule has 0 aliphatic heterocycles. The molecular formula is C36H8F10N4S4. The van der Waals surface area contributed by atoms with E-state index < -0.39 is 69.3 Å². The minimum atomic E-state index is -2.25. The van der Waals surface area contributed by atoms with Crippen molar-refractivity contribution in [2.24, 2.45) is 0 Å². The number of fused-ring (bicyclic) bond motifs is 6. The summed E-state index contributed by atoms with van der Waals surface area (Å²) in [5, 5.41) is 3.33. The molecule has 4 nitrogen and oxygen atoms in total. The molecular weight excluding hydrogens is 807 g/mol. The lowest BCUT2D eigenvalue weighted by Crippen LogP contribution is -2.03. The van der Waals surface area contributed by atoms with E-state index in [9.17, 15) is 43.9 Å². The second kappa shape index (κ2) is 11.6. The summed E-state index contributed by atoms with van der Waals surface area (Å²) >= 11 is 4.30. The van der Waals surface area contributed by atoms with Crippen molar-refractivity contribution in [1.82, 2.24) is 19.9 Å². The largest absolute Gasteiger partial charge is 0.236 e. The molecule has 0 radical (unpaired) electrons. The van der Waals surface area contributed by atoms with Gasteiger partial charge >= 0.3 is 0 Å². The molecule has 4 aromatic heterocycles. The van der Waals surface area contributed by atoms with Crippen LogP contribution in [0.1, 0.15) is 0 Å². The van der Waals surface area contributed by atoms with Gasteiger partial charge in [0.2, 0.25) is 11.6 Å². The number of halogens is 10. The van der Waals surface area contributed by atoms with Crippen LogP contribution in [0.15, 0.2) is 48.5 Å². The predicted molar refractivity (Wildman–Crippen MR) is 190 cm³/mol. The lowest BCUT2D eigenvalue weighted by atomic mass is 10.1.